The molecule has 3 fully saturated rings. The van der Waals surface area contributed by atoms with Crippen LogP contribution in [0.5, 0.6) is 5.75 Å². The van der Waals surface area contributed by atoms with Gasteiger partial charge in [-0.2, -0.15) is 0 Å². The van der Waals surface area contributed by atoms with Crippen molar-refractivity contribution in [2.75, 3.05) is 26.9 Å². The van der Waals surface area contributed by atoms with E-state index in [0.29, 0.717) is 58.9 Å². The number of esters is 2. The maximum atomic E-state index is 16.6. The van der Waals surface area contributed by atoms with Crippen molar-refractivity contribution in [3.8, 4) is 5.75 Å². The van der Waals surface area contributed by atoms with Gasteiger partial charge >= 0.3 is 17.6 Å². The third-order valence-corrected chi connectivity index (χ3v) is 27.6. The molecular weight excluding hydrogens is 1240 g/mol. The zero-order valence-corrected chi connectivity index (χ0v) is 57.2. The molecule has 4 aliphatic heterocycles. The van der Waals surface area contributed by atoms with Crippen LogP contribution >= 0.6 is 0 Å². The monoisotopic (exact) mass is 1330 g/mol. The van der Waals surface area contributed by atoms with E-state index >= 15 is 14.4 Å². The molecule has 6 aromatic carbocycles. The summed E-state index contributed by atoms with van der Waals surface area (Å²) in [6, 6.07) is 43.6. The number of rotatable bonds is 7. The molecule has 11 nitrogen and oxygen atoms in total. The van der Waals surface area contributed by atoms with E-state index in [-0.39, 0.29) is 114 Å². The molecule has 1 aromatic heterocycles. The van der Waals surface area contributed by atoms with Gasteiger partial charge in [0.15, 0.2) is 17.8 Å². The Balaban J connectivity index is 0.878. The van der Waals surface area contributed by atoms with Crippen LogP contribution in [0.4, 0.5) is 0 Å². The summed E-state index contributed by atoms with van der Waals surface area (Å²) in [7, 11) is 1.54. The average molecular weight is 1330 g/mol. The molecule has 1 saturated heterocycles. The number of allylic oxidation sites excluding steroid dienone is 5. The highest BCUT2D eigenvalue weighted by Crippen LogP contribution is 2.71. The third-order valence-electron chi connectivity index (χ3n) is 27.6. The molecule has 17 atom stereocenters. The fourth-order valence-electron chi connectivity index (χ4n) is 23.5. The zero-order chi connectivity index (χ0) is 67.5. The summed E-state index contributed by atoms with van der Waals surface area (Å²) in [5.41, 5.74) is 15.8. The topological polar surface area (TPSA) is 162 Å². The summed E-state index contributed by atoms with van der Waals surface area (Å²) in [6.45, 7) is 0.739. The van der Waals surface area contributed by atoms with Gasteiger partial charge in [0, 0.05) is 77.6 Å². The van der Waals surface area contributed by atoms with Crippen LogP contribution in [-0.2, 0) is 55.1 Å². The van der Waals surface area contributed by atoms with Crippen LogP contribution in [0.2, 0.25) is 0 Å². The van der Waals surface area contributed by atoms with Gasteiger partial charge in [-0.3, -0.25) is 4.79 Å². The number of aliphatic hydroxyl groups is 3. The van der Waals surface area contributed by atoms with Crippen LogP contribution in [0.25, 0.3) is 23.1 Å². The predicted octanol–water partition coefficient (Wildman–Crippen LogP) is 16.1. The molecule has 11 heteroatoms. The van der Waals surface area contributed by atoms with Gasteiger partial charge < -0.3 is 38.7 Å². The van der Waals surface area contributed by atoms with Gasteiger partial charge in [0.05, 0.1) is 25.4 Å². The minimum absolute atomic E-state index is 0.0141. The molecule has 27 rings (SSSR count). The van der Waals surface area contributed by atoms with Gasteiger partial charge in [-0.25, -0.2) is 9.59 Å². The molecule has 7 aromatic rings. The highest BCUT2D eigenvalue weighted by Gasteiger charge is 2.70. The number of benzene rings is 6. The van der Waals surface area contributed by atoms with E-state index in [1.807, 2.05) is 19.1 Å². The van der Waals surface area contributed by atoms with Crippen molar-refractivity contribution < 1.29 is 48.3 Å². The largest absolute Gasteiger partial charge is 0.482 e. The molecule has 5 heterocycles. The fraction of sp³-hybridized carbons (Fsp3) is 0.427. The molecule has 0 unspecified atom stereocenters. The van der Waals surface area contributed by atoms with Crippen LogP contribution in [0.3, 0.4) is 0 Å². The number of ether oxygens (including phenoxy) is 4. The Labute approximate surface area is 584 Å². The number of fused-ring (bicyclic) bond motifs is 10. The van der Waals surface area contributed by atoms with Gasteiger partial charge in [-0.05, 0) is 227 Å². The zero-order valence-electron chi connectivity index (χ0n) is 57.2. The van der Waals surface area contributed by atoms with Crippen molar-refractivity contribution in [3.05, 3.63) is 262 Å². The van der Waals surface area contributed by atoms with Gasteiger partial charge in [0.25, 0.3) is 0 Å². The quantitative estimate of drug-likeness (QED) is 0.0603. The van der Waals surface area contributed by atoms with Crippen molar-refractivity contribution in [2.45, 2.75) is 169 Å². The minimum Gasteiger partial charge on any atom is -0.482 e. The van der Waals surface area contributed by atoms with Crippen LogP contribution in [-0.4, -0.2) is 65.9 Å². The molecule has 100 heavy (non-hydrogen) atoms. The molecular formula is C89H88O11. The minimum atomic E-state index is -1.41. The first-order chi connectivity index (χ1) is 48.9. The Bertz CT molecular complexity index is 4770. The Morgan fingerprint density at radius 2 is 1.58 bits per heavy atom. The summed E-state index contributed by atoms with van der Waals surface area (Å²) in [5, 5.41) is 33.9. The lowest BCUT2D eigenvalue weighted by molar-refractivity contribution is -0.210. The number of hydrogen-bond donors (Lipinski definition) is 3. The van der Waals surface area contributed by atoms with E-state index < -0.39 is 53.3 Å². The lowest BCUT2D eigenvalue weighted by Crippen LogP contribution is -2.64. The number of carbonyl (C=O) groups is 2. The summed E-state index contributed by atoms with van der Waals surface area (Å²) in [5.74, 6) is -1.37. The first kappa shape index (κ1) is 62.8. The maximum Gasteiger partial charge on any atom is 0.340 e. The molecule has 20 aliphatic rings. The Morgan fingerprint density at radius 1 is 0.730 bits per heavy atom. The van der Waals surface area contributed by atoms with Crippen molar-refractivity contribution in [3.63, 3.8) is 0 Å². The molecule has 0 radical (unpaired) electrons. The van der Waals surface area contributed by atoms with Gasteiger partial charge in [-0.1, -0.05) is 158 Å². The van der Waals surface area contributed by atoms with Gasteiger partial charge in [0.1, 0.15) is 11.3 Å². The lowest BCUT2D eigenvalue weighted by Gasteiger charge is -2.56. The van der Waals surface area contributed by atoms with Crippen LogP contribution in [0.1, 0.15) is 215 Å². The molecule has 0 amide bonds. The second-order valence-electron chi connectivity index (χ2n) is 32.1. The van der Waals surface area contributed by atoms with E-state index in [9.17, 15) is 15.3 Å². The average Bonchev–Trinajstić information content (AvgIpc) is 1.30. The van der Waals surface area contributed by atoms with E-state index in [1.165, 1.54) is 86.7 Å². The Kier molecular flexibility index (Phi) is 15.0. The fourth-order valence-corrected chi connectivity index (χ4v) is 23.5. The summed E-state index contributed by atoms with van der Waals surface area (Å²) in [4.78, 5) is 48.2. The third kappa shape index (κ3) is 9.31. The van der Waals surface area contributed by atoms with Crippen LogP contribution in [0, 0.1) is 40.9 Å². The highest BCUT2D eigenvalue weighted by molar-refractivity contribution is 5.91. The maximum absolute atomic E-state index is 16.6. The van der Waals surface area contributed by atoms with Crippen LogP contribution < -0.4 is 10.4 Å². The Morgan fingerprint density at radius 3 is 2.44 bits per heavy atom. The van der Waals surface area contributed by atoms with E-state index in [1.54, 1.807) is 0 Å². The van der Waals surface area contributed by atoms with E-state index in [0.717, 1.165) is 50.5 Å². The van der Waals surface area contributed by atoms with E-state index in [2.05, 4.69) is 152 Å². The number of hydrogen-bond acceptors (Lipinski definition) is 11. The van der Waals surface area contributed by atoms with Gasteiger partial charge in [0.2, 0.25) is 0 Å². The molecule has 16 aliphatic carbocycles. The van der Waals surface area contributed by atoms with Crippen molar-refractivity contribution in [2.24, 2.45) is 40.9 Å². The summed E-state index contributed by atoms with van der Waals surface area (Å²) >= 11 is 0. The Hall–Kier alpha value is -8.19. The summed E-state index contributed by atoms with van der Waals surface area (Å²) < 4.78 is 35.3. The smallest absolute Gasteiger partial charge is 0.340 e. The van der Waals surface area contributed by atoms with E-state index in [4.69, 9.17) is 23.4 Å². The SMILES string of the molecule is COC[C@@H](CCO)c1c(CO)c2ccc3c(c2oc1=O)[C@H]1OC(=O)C[C@H]2C[C@@H]4C=C[C@@H]2c2ccc5c(c2)[C@@H]2C[C@H](Cc6ccc(cc6)Cc6ccc7c(c6)[C@]68c9cccc4c9CC[C@@H]6CCC[C@@H]8C=C7)[C@@H]5CC(=C(C)CO)C(=O)O[C@@H]1[C@@]1(CC=C[C@]4(C2)[C@H]2C=Cc5ccccc5[C@@H]2C[C@@H]41)O3. The molecule has 21 bridgehead atoms. The summed E-state index contributed by atoms with van der Waals surface area (Å²) in [6.07, 6.45) is 27.7. The van der Waals surface area contributed by atoms with Crippen LogP contribution in [0.15, 0.2) is 172 Å². The number of aliphatic hydroxyl groups excluding tert-OH is 3. The predicted molar refractivity (Wildman–Crippen MR) is 384 cm³/mol. The second kappa shape index (κ2) is 24.0. The molecule has 510 valence electrons. The van der Waals surface area contributed by atoms with Crippen molar-refractivity contribution >= 4 is 35.1 Å². The molecule has 3 N–H and O–H groups in total. The normalized spacial score (nSPS) is 33.4. The highest BCUT2D eigenvalue weighted by atomic mass is 16.6. The molecule has 2 spiro atoms. The first-order valence-corrected chi connectivity index (χ1v) is 37.4. The number of methoxy groups -OCH3 is 1. The second-order valence-corrected chi connectivity index (χ2v) is 32.1. The number of carbonyl (C=O) groups excluding carboxylic acids is 2. The lowest BCUT2D eigenvalue weighted by atomic mass is 9.48. The van der Waals surface area contributed by atoms with Crippen molar-refractivity contribution in [1.82, 2.24) is 0 Å². The van der Waals surface area contributed by atoms with Crippen molar-refractivity contribution in [1.29, 1.82) is 0 Å². The standard InChI is InChI=1S/C89H88O11/c1-49(46-91)69-43-71-58-37-51-16-14-50(15-17-51)36-52-18-19-54-20-24-61-9-5-10-62-25-28-67-65(12-6-13-75(67)89(61,62)76(54)38-52)55-21-26-63-56-22-27-66(71)70(41-56)60(40-58)45-87-33-7-34-88(78(87)44-72-64-11-4-3-8-53(64)23-30-74(72)87)84(99-85(69)94)83(97-79(93)42-59(63)39-55)81-77(100-88)31-29-68-73(47-92)80(86(95)98-82(68)81)57(32-35-90)48-96-2/h3-4,6-8,11-24,26-27,29-31,33,38,41,55,57-63,71-72,74,78,83-84,90-92H,5,9-10,25,28,32,34-37,39-40,42-48H2,1-2H3/t55-,57+,58-,59+,60+,61+,62-,63+,71-,72-,74-,78-,83+,84-,87-,88-,89-/m0/s1. The molecule has 2 saturated carbocycles. The van der Waals surface area contributed by atoms with Gasteiger partial charge in [-0.15, -0.1) is 0 Å². The first-order valence-electron chi connectivity index (χ1n) is 37.4.